The van der Waals surface area contributed by atoms with Crippen LogP contribution in [0.2, 0.25) is 0 Å². The van der Waals surface area contributed by atoms with E-state index < -0.39 is 0 Å². The summed E-state index contributed by atoms with van der Waals surface area (Å²) in [7, 11) is 1.82. The van der Waals surface area contributed by atoms with Crippen LogP contribution in [-0.2, 0) is 22.6 Å². The monoisotopic (exact) mass is 562 g/mol. The first kappa shape index (κ1) is 25.5. The van der Waals surface area contributed by atoms with Gasteiger partial charge < -0.3 is 19.9 Å². The zero-order valence-corrected chi connectivity index (χ0v) is 22.2. The molecule has 6 nitrogen and oxygen atoms in total. The van der Waals surface area contributed by atoms with E-state index in [4.69, 9.17) is 4.74 Å². The molecule has 1 unspecified atom stereocenters. The number of halogens is 1. The highest BCUT2D eigenvalue weighted by atomic mass is 127. The Balaban J connectivity index is 0.00000306. The van der Waals surface area contributed by atoms with Gasteiger partial charge in [0.15, 0.2) is 5.96 Å². The average Bonchev–Trinajstić information content (AvgIpc) is 3.23. The number of aryl methyl sites for hydroxylation is 2. The van der Waals surface area contributed by atoms with Gasteiger partial charge in [-0.2, -0.15) is 0 Å². The highest BCUT2D eigenvalue weighted by Crippen LogP contribution is 2.26. The first-order chi connectivity index (χ1) is 15.5. The maximum atomic E-state index is 12.6. The lowest BCUT2D eigenvalue weighted by Gasteiger charge is -2.36. The normalized spacial score (nSPS) is 18.0. The first-order valence-corrected chi connectivity index (χ1v) is 11.5. The smallest absolute Gasteiger partial charge is 0.223 e. The number of hydrogen-bond donors (Lipinski definition) is 1. The van der Waals surface area contributed by atoms with E-state index in [9.17, 15) is 4.79 Å². The Hall–Kier alpha value is -2.13. The molecule has 1 atom stereocenters. The molecular formula is C26H35IN4O2. The minimum Gasteiger partial charge on any atom is -0.370 e. The maximum absolute atomic E-state index is 12.6. The molecular weight excluding hydrogens is 527 g/mol. The van der Waals surface area contributed by atoms with E-state index in [2.05, 4.69) is 59.4 Å². The fraction of sp³-hybridized carbons (Fsp3) is 0.462. The van der Waals surface area contributed by atoms with Crippen molar-refractivity contribution in [1.82, 2.24) is 15.1 Å². The van der Waals surface area contributed by atoms with Crippen LogP contribution < -0.4 is 5.32 Å². The van der Waals surface area contributed by atoms with Gasteiger partial charge in [-0.15, -0.1) is 24.0 Å². The van der Waals surface area contributed by atoms with E-state index in [1.54, 1.807) is 0 Å². The highest BCUT2D eigenvalue weighted by molar-refractivity contribution is 14.0. The molecule has 0 spiro atoms. The number of carbonyl (C=O) groups excluding carboxylic acids is 1. The summed E-state index contributed by atoms with van der Waals surface area (Å²) >= 11 is 0. The quantitative estimate of drug-likeness (QED) is 0.257. The summed E-state index contributed by atoms with van der Waals surface area (Å²) in [4.78, 5) is 21.3. The van der Waals surface area contributed by atoms with E-state index >= 15 is 0 Å². The average molecular weight is 562 g/mol. The Labute approximate surface area is 214 Å². The number of guanidine groups is 1. The predicted octanol–water partition coefficient (Wildman–Crippen LogP) is 4.19. The molecule has 2 aromatic rings. The molecule has 33 heavy (non-hydrogen) atoms. The van der Waals surface area contributed by atoms with Crippen molar-refractivity contribution in [3.8, 4) is 0 Å². The second-order valence-corrected chi connectivity index (χ2v) is 8.76. The molecule has 2 aliphatic rings. The molecule has 0 radical (unpaired) electrons. The fourth-order valence-electron chi connectivity index (χ4n) is 4.66. The molecule has 0 aromatic heterocycles. The van der Waals surface area contributed by atoms with Crippen LogP contribution in [0.4, 0.5) is 0 Å². The van der Waals surface area contributed by atoms with Crippen molar-refractivity contribution in [1.29, 1.82) is 0 Å². The van der Waals surface area contributed by atoms with Crippen molar-refractivity contribution in [2.24, 2.45) is 4.99 Å². The SMILES string of the molecule is CN=C(NCCCC(=O)N1Cc2ccccc2C1)N1CCOC(c2ccc(C)cc2C)C1.I. The van der Waals surface area contributed by atoms with Crippen molar-refractivity contribution < 1.29 is 9.53 Å². The summed E-state index contributed by atoms with van der Waals surface area (Å²) in [5.74, 6) is 1.10. The number of carbonyl (C=O) groups is 1. The summed E-state index contributed by atoms with van der Waals surface area (Å²) < 4.78 is 6.08. The van der Waals surface area contributed by atoms with E-state index in [0.717, 1.165) is 45.1 Å². The van der Waals surface area contributed by atoms with Crippen LogP contribution in [0.5, 0.6) is 0 Å². The van der Waals surface area contributed by atoms with Crippen molar-refractivity contribution in [3.63, 3.8) is 0 Å². The molecule has 178 valence electrons. The van der Waals surface area contributed by atoms with Crippen LogP contribution in [0.3, 0.4) is 0 Å². The van der Waals surface area contributed by atoms with E-state index in [1.807, 2.05) is 24.1 Å². The first-order valence-electron chi connectivity index (χ1n) is 11.5. The van der Waals surface area contributed by atoms with Gasteiger partial charge in [-0.25, -0.2) is 0 Å². The molecule has 2 aromatic carbocycles. The summed E-state index contributed by atoms with van der Waals surface area (Å²) in [5, 5.41) is 3.45. The van der Waals surface area contributed by atoms with Gasteiger partial charge in [-0.05, 0) is 42.5 Å². The minimum absolute atomic E-state index is 0. The number of aliphatic imine (C=N–C) groups is 1. The Morgan fingerprint density at radius 3 is 2.52 bits per heavy atom. The molecule has 2 aliphatic heterocycles. The van der Waals surface area contributed by atoms with Crippen LogP contribution in [0.15, 0.2) is 47.5 Å². The molecule has 2 heterocycles. The number of rotatable bonds is 5. The Morgan fingerprint density at radius 2 is 1.85 bits per heavy atom. The second kappa shape index (κ2) is 11.8. The van der Waals surface area contributed by atoms with Crippen molar-refractivity contribution in [2.75, 3.05) is 33.3 Å². The van der Waals surface area contributed by atoms with Crippen LogP contribution in [-0.4, -0.2) is 55.0 Å². The number of ether oxygens (including phenoxy) is 1. The lowest BCUT2D eigenvalue weighted by atomic mass is 10.00. The zero-order chi connectivity index (χ0) is 22.5. The van der Waals surface area contributed by atoms with Crippen LogP contribution in [0, 0.1) is 13.8 Å². The van der Waals surface area contributed by atoms with Gasteiger partial charge in [0.1, 0.15) is 6.10 Å². The van der Waals surface area contributed by atoms with Crippen molar-refractivity contribution in [3.05, 3.63) is 70.3 Å². The number of benzene rings is 2. The number of fused-ring (bicyclic) bond motifs is 1. The largest absolute Gasteiger partial charge is 0.370 e. The van der Waals surface area contributed by atoms with Crippen molar-refractivity contribution in [2.45, 2.75) is 45.9 Å². The van der Waals surface area contributed by atoms with Gasteiger partial charge in [0.05, 0.1) is 13.2 Å². The number of nitrogens with zero attached hydrogens (tertiary/aromatic N) is 3. The topological polar surface area (TPSA) is 57.2 Å². The van der Waals surface area contributed by atoms with Crippen LogP contribution in [0.25, 0.3) is 0 Å². The van der Waals surface area contributed by atoms with Crippen molar-refractivity contribution >= 4 is 35.8 Å². The number of hydrogen-bond acceptors (Lipinski definition) is 3. The van der Waals surface area contributed by atoms with Crippen LogP contribution >= 0.6 is 24.0 Å². The van der Waals surface area contributed by atoms with Gasteiger partial charge in [-0.1, -0.05) is 48.0 Å². The molecule has 1 fully saturated rings. The summed E-state index contributed by atoms with van der Waals surface area (Å²) in [5.41, 5.74) is 6.31. The second-order valence-electron chi connectivity index (χ2n) is 8.76. The molecule has 0 saturated carbocycles. The lowest BCUT2D eigenvalue weighted by Crippen LogP contribution is -2.48. The number of morpholine rings is 1. The molecule has 1 N–H and O–H groups in total. The Morgan fingerprint density at radius 1 is 1.12 bits per heavy atom. The van der Waals surface area contributed by atoms with Gasteiger partial charge in [-0.3, -0.25) is 9.79 Å². The maximum Gasteiger partial charge on any atom is 0.223 e. The van der Waals surface area contributed by atoms with Gasteiger partial charge in [0.2, 0.25) is 5.91 Å². The van der Waals surface area contributed by atoms with Crippen LogP contribution in [0.1, 0.15) is 46.8 Å². The van der Waals surface area contributed by atoms with Gasteiger partial charge in [0.25, 0.3) is 0 Å². The third-order valence-electron chi connectivity index (χ3n) is 6.39. The van der Waals surface area contributed by atoms with E-state index in [-0.39, 0.29) is 36.0 Å². The summed E-state index contributed by atoms with van der Waals surface area (Å²) in [6.07, 6.45) is 1.38. The number of amides is 1. The van der Waals surface area contributed by atoms with E-state index in [1.165, 1.54) is 27.8 Å². The molecule has 7 heteroatoms. The highest BCUT2D eigenvalue weighted by Gasteiger charge is 2.26. The molecule has 1 amide bonds. The molecule has 4 rings (SSSR count). The summed E-state index contributed by atoms with van der Waals surface area (Å²) in [6.45, 7) is 8.71. The molecule has 0 aliphatic carbocycles. The number of nitrogens with one attached hydrogen (secondary N) is 1. The van der Waals surface area contributed by atoms with Gasteiger partial charge in [0, 0.05) is 39.6 Å². The molecule has 0 bridgehead atoms. The fourth-order valence-corrected chi connectivity index (χ4v) is 4.66. The predicted molar refractivity (Wildman–Crippen MR) is 143 cm³/mol. The Kier molecular flexibility index (Phi) is 9.14. The van der Waals surface area contributed by atoms with Gasteiger partial charge >= 0.3 is 0 Å². The third kappa shape index (κ3) is 6.26. The summed E-state index contributed by atoms with van der Waals surface area (Å²) in [6, 6.07) is 14.8. The van der Waals surface area contributed by atoms with E-state index in [0.29, 0.717) is 13.0 Å². The molecule has 1 saturated heterocycles. The zero-order valence-electron chi connectivity index (χ0n) is 19.8. The minimum atomic E-state index is 0. The third-order valence-corrected chi connectivity index (χ3v) is 6.39. The lowest BCUT2D eigenvalue weighted by molar-refractivity contribution is -0.131. The standard InChI is InChI=1S/C26H34N4O2.HI/c1-19-10-11-23(20(2)15-19)24-18-29(13-14-32-24)26(27-3)28-12-6-9-25(31)30-16-21-7-4-5-8-22(21)17-30;/h4-5,7-8,10-11,15,24H,6,9,12-14,16-18H2,1-3H3,(H,27,28);1H. The Bertz CT molecular complexity index is 969.